The Morgan fingerprint density at radius 1 is 1.10 bits per heavy atom. The molecule has 2 heteroatoms. The van der Waals surface area contributed by atoms with Crippen LogP contribution in [0.5, 0.6) is 0 Å². The van der Waals surface area contributed by atoms with Crippen molar-refractivity contribution in [2.45, 2.75) is 64.1 Å². The summed E-state index contributed by atoms with van der Waals surface area (Å²) in [5.74, 6) is 0. The van der Waals surface area contributed by atoms with E-state index in [1.54, 1.807) is 5.19 Å². The molecule has 1 atom stereocenters. The Balaban J connectivity index is 2.75. The quantitative estimate of drug-likeness (QED) is 0.371. The maximum atomic E-state index is 8.85. The first-order valence-electron chi connectivity index (χ1n) is 8.46. The number of aliphatic hydroxyl groups excluding tert-OH is 1. The fourth-order valence-corrected chi connectivity index (χ4v) is 5.86. The smallest absolute Gasteiger partial charge is 0.0873 e. The molecular formula is C19H32OSi. The van der Waals surface area contributed by atoms with E-state index in [1.807, 2.05) is 0 Å². The van der Waals surface area contributed by atoms with Crippen LogP contribution < -0.4 is 5.19 Å². The van der Waals surface area contributed by atoms with Gasteiger partial charge in [0, 0.05) is 6.61 Å². The molecule has 0 aromatic heterocycles. The fourth-order valence-electron chi connectivity index (χ4n) is 2.84. The molecule has 0 spiro atoms. The van der Waals surface area contributed by atoms with Crippen LogP contribution in [-0.4, -0.2) is 19.8 Å². The summed E-state index contributed by atoms with van der Waals surface area (Å²) in [6.07, 6.45) is 11.8. The first-order chi connectivity index (χ1) is 10.1. The Labute approximate surface area is 132 Å². The number of allylic oxidation sites excluding steroid dienone is 2. The molecule has 0 aliphatic heterocycles. The van der Waals surface area contributed by atoms with Crippen LogP contribution in [0.1, 0.15) is 45.4 Å². The summed E-state index contributed by atoms with van der Waals surface area (Å²) in [7, 11) is -1.45. The molecule has 1 N–H and O–H groups in total. The molecule has 0 heterocycles. The lowest BCUT2D eigenvalue weighted by Crippen LogP contribution is -2.45. The van der Waals surface area contributed by atoms with Gasteiger partial charge in [-0.05, 0) is 31.2 Å². The van der Waals surface area contributed by atoms with E-state index in [9.17, 15) is 0 Å². The van der Waals surface area contributed by atoms with Crippen molar-refractivity contribution in [3.05, 3.63) is 42.5 Å². The van der Waals surface area contributed by atoms with Crippen molar-refractivity contribution in [3.63, 3.8) is 0 Å². The Kier molecular flexibility index (Phi) is 8.63. The van der Waals surface area contributed by atoms with E-state index < -0.39 is 8.07 Å². The highest BCUT2D eigenvalue weighted by Gasteiger charge is 2.31. The largest absolute Gasteiger partial charge is 0.396 e. The van der Waals surface area contributed by atoms with Gasteiger partial charge in [-0.25, -0.2) is 0 Å². The van der Waals surface area contributed by atoms with Crippen LogP contribution in [-0.2, 0) is 0 Å². The molecule has 1 nitrogen and oxygen atoms in total. The zero-order valence-corrected chi connectivity index (χ0v) is 15.0. The van der Waals surface area contributed by atoms with Gasteiger partial charge in [-0.1, -0.05) is 80.5 Å². The Morgan fingerprint density at radius 2 is 1.81 bits per heavy atom. The minimum absolute atomic E-state index is 0.317. The zero-order chi connectivity index (χ0) is 15.6. The monoisotopic (exact) mass is 304 g/mol. The van der Waals surface area contributed by atoms with Gasteiger partial charge in [0.25, 0.3) is 0 Å². The minimum Gasteiger partial charge on any atom is -0.396 e. The SMILES string of the molecule is CCCC[C@H](/C=C/CCCCO)[Si](C)(C)c1ccccc1. The fraction of sp³-hybridized carbons (Fsp3) is 0.579. The van der Waals surface area contributed by atoms with E-state index in [0.717, 1.165) is 19.3 Å². The van der Waals surface area contributed by atoms with Crippen LogP contribution in [0.2, 0.25) is 18.6 Å². The molecule has 1 aromatic carbocycles. The number of unbranched alkanes of at least 4 members (excludes halogenated alkanes) is 3. The molecule has 0 aliphatic rings. The van der Waals surface area contributed by atoms with Crippen molar-refractivity contribution in [1.29, 1.82) is 0 Å². The summed E-state index contributed by atoms with van der Waals surface area (Å²) >= 11 is 0. The lowest BCUT2D eigenvalue weighted by molar-refractivity contribution is 0.285. The van der Waals surface area contributed by atoms with Crippen molar-refractivity contribution in [1.82, 2.24) is 0 Å². The number of hydrogen-bond acceptors (Lipinski definition) is 1. The zero-order valence-electron chi connectivity index (χ0n) is 14.0. The molecule has 1 aromatic rings. The topological polar surface area (TPSA) is 20.2 Å². The number of benzene rings is 1. The van der Waals surface area contributed by atoms with Gasteiger partial charge < -0.3 is 5.11 Å². The summed E-state index contributed by atoms with van der Waals surface area (Å²) in [5.41, 5.74) is 0.717. The predicted octanol–water partition coefficient (Wildman–Crippen LogP) is 4.88. The third-order valence-electron chi connectivity index (χ3n) is 4.46. The first kappa shape index (κ1) is 18.2. The average molecular weight is 305 g/mol. The van der Waals surface area contributed by atoms with E-state index in [4.69, 9.17) is 5.11 Å². The standard InChI is InChI=1S/C19H32OSi/c1-4-5-13-18(14-9-6-7-12-17-20)21(2,3)19-15-10-8-11-16-19/h8-11,14-16,18,20H,4-7,12-13,17H2,1-3H3/b14-9+/t18-/m1/s1. The molecule has 0 radical (unpaired) electrons. The highest BCUT2D eigenvalue weighted by molar-refractivity contribution is 6.91. The Morgan fingerprint density at radius 3 is 2.43 bits per heavy atom. The first-order valence-corrected chi connectivity index (χ1v) is 11.5. The number of hydrogen-bond donors (Lipinski definition) is 1. The predicted molar refractivity (Wildman–Crippen MR) is 96.9 cm³/mol. The van der Waals surface area contributed by atoms with Gasteiger partial charge in [-0.2, -0.15) is 0 Å². The summed E-state index contributed by atoms with van der Waals surface area (Å²) in [5, 5.41) is 10.4. The summed E-state index contributed by atoms with van der Waals surface area (Å²) in [4.78, 5) is 0. The van der Waals surface area contributed by atoms with E-state index in [1.165, 1.54) is 19.3 Å². The molecule has 0 saturated heterocycles. The Hall–Kier alpha value is -0.863. The molecule has 1 rings (SSSR count). The third-order valence-corrected chi connectivity index (χ3v) is 8.62. The highest BCUT2D eigenvalue weighted by atomic mass is 28.3. The van der Waals surface area contributed by atoms with Crippen LogP contribution in [0.4, 0.5) is 0 Å². The molecule has 0 bridgehead atoms. The van der Waals surface area contributed by atoms with Gasteiger partial charge in [0.05, 0.1) is 8.07 Å². The van der Waals surface area contributed by atoms with E-state index >= 15 is 0 Å². The van der Waals surface area contributed by atoms with E-state index in [2.05, 4.69) is 62.5 Å². The molecule has 0 fully saturated rings. The van der Waals surface area contributed by atoms with Crippen molar-refractivity contribution < 1.29 is 5.11 Å². The average Bonchev–Trinajstić information content (AvgIpc) is 2.50. The van der Waals surface area contributed by atoms with Crippen LogP contribution >= 0.6 is 0 Å². The van der Waals surface area contributed by atoms with Crippen molar-refractivity contribution in [2.24, 2.45) is 0 Å². The maximum absolute atomic E-state index is 8.85. The van der Waals surface area contributed by atoms with Crippen LogP contribution in [0, 0.1) is 0 Å². The summed E-state index contributed by atoms with van der Waals surface area (Å²) in [6, 6.07) is 11.1. The molecule has 0 aliphatic carbocycles. The molecule has 118 valence electrons. The summed E-state index contributed by atoms with van der Waals surface area (Å²) < 4.78 is 0. The second-order valence-corrected chi connectivity index (χ2v) is 11.2. The van der Waals surface area contributed by atoms with Gasteiger partial charge in [-0.3, -0.25) is 0 Å². The van der Waals surface area contributed by atoms with Gasteiger partial charge >= 0.3 is 0 Å². The molecule has 0 amide bonds. The molecule has 0 unspecified atom stereocenters. The van der Waals surface area contributed by atoms with Gasteiger partial charge in [-0.15, -0.1) is 0 Å². The second-order valence-electron chi connectivity index (χ2n) is 6.48. The maximum Gasteiger partial charge on any atom is 0.0873 e. The van der Waals surface area contributed by atoms with Gasteiger partial charge in [0.15, 0.2) is 0 Å². The van der Waals surface area contributed by atoms with Crippen molar-refractivity contribution in [2.75, 3.05) is 6.61 Å². The minimum atomic E-state index is -1.45. The third kappa shape index (κ3) is 6.19. The molecular weight excluding hydrogens is 272 g/mol. The van der Waals surface area contributed by atoms with Gasteiger partial charge in [0.2, 0.25) is 0 Å². The molecule has 21 heavy (non-hydrogen) atoms. The van der Waals surface area contributed by atoms with Crippen LogP contribution in [0.15, 0.2) is 42.5 Å². The normalized spacial score (nSPS) is 13.7. The number of aliphatic hydroxyl groups is 1. The van der Waals surface area contributed by atoms with Crippen LogP contribution in [0.25, 0.3) is 0 Å². The van der Waals surface area contributed by atoms with E-state index in [0.29, 0.717) is 12.1 Å². The van der Waals surface area contributed by atoms with Gasteiger partial charge in [0.1, 0.15) is 0 Å². The lowest BCUT2D eigenvalue weighted by Gasteiger charge is -2.31. The van der Waals surface area contributed by atoms with Crippen molar-refractivity contribution >= 4 is 13.3 Å². The Bertz CT molecular complexity index is 397. The number of rotatable bonds is 10. The van der Waals surface area contributed by atoms with Crippen LogP contribution in [0.3, 0.4) is 0 Å². The summed E-state index contributed by atoms with van der Waals surface area (Å²) in [6.45, 7) is 7.60. The second kappa shape index (κ2) is 9.96. The molecule has 0 saturated carbocycles. The van der Waals surface area contributed by atoms with Crippen molar-refractivity contribution in [3.8, 4) is 0 Å². The van der Waals surface area contributed by atoms with E-state index in [-0.39, 0.29) is 0 Å². The lowest BCUT2D eigenvalue weighted by atomic mass is 10.1. The highest BCUT2D eigenvalue weighted by Crippen LogP contribution is 2.29.